The molecule has 0 bridgehead atoms. The van der Waals surface area contributed by atoms with E-state index in [9.17, 15) is 4.79 Å². The number of carbonyl (C=O) groups excluding carboxylic acids is 1. The molecule has 0 aliphatic heterocycles. The Hall–Kier alpha value is -1.26. The van der Waals surface area contributed by atoms with Crippen molar-refractivity contribution in [2.75, 3.05) is 32.8 Å². The molecule has 0 aliphatic carbocycles. The Morgan fingerprint density at radius 1 is 1.09 bits per heavy atom. The molecule has 132 valence electrons. The van der Waals surface area contributed by atoms with Crippen molar-refractivity contribution < 1.29 is 31.6 Å². The Kier molecular flexibility index (Phi) is 9.93. The van der Waals surface area contributed by atoms with Gasteiger partial charge in [0.1, 0.15) is 12.4 Å². The summed E-state index contributed by atoms with van der Waals surface area (Å²) in [6.45, 7) is 14.8. The van der Waals surface area contributed by atoms with Gasteiger partial charge in [-0.25, -0.2) is 4.79 Å². The van der Waals surface area contributed by atoms with Crippen LogP contribution < -0.4 is 22.0 Å². The first-order chi connectivity index (χ1) is 10.4. The zero-order valence-electron chi connectivity index (χ0n) is 14.9. The largest absolute Gasteiger partial charge is 1.00 e. The van der Waals surface area contributed by atoms with Gasteiger partial charge in [0.25, 0.3) is 0 Å². The van der Waals surface area contributed by atoms with Crippen LogP contribution in [0.15, 0.2) is 24.3 Å². The summed E-state index contributed by atoms with van der Waals surface area (Å²) >= 11 is 0. The minimum atomic E-state index is -0.273. The molecule has 0 heterocycles. The number of carbonyl (C=O) groups is 1. The van der Waals surface area contributed by atoms with E-state index in [1.165, 1.54) is 4.90 Å². The maximum Gasteiger partial charge on any atom is 0.338 e. The highest BCUT2D eigenvalue weighted by Crippen LogP contribution is 2.16. The van der Waals surface area contributed by atoms with Crippen molar-refractivity contribution in [3.8, 4) is 5.75 Å². The van der Waals surface area contributed by atoms with Gasteiger partial charge in [-0.15, -0.1) is 0 Å². The molecule has 0 fully saturated rings. The van der Waals surface area contributed by atoms with E-state index in [4.69, 9.17) is 9.47 Å². The molecule has 0 saturated heterocycles. The van der Waals surface area contributed by atoms with Gasteiger partial charge in [-0.05, 0) is 45.0 Å². The SMILES string of the molecule is CCOc1ccc(C(=O)OCC(C)(C)C[NH+](CC)CC)cc1.[Cl-]. The molecule has 0 radical (unpaired) electrons. The van der Waals surface area contributed by atoms with E-state index in [2.05, 4.69) is 27.7 Å². The van der Waals surface area contributed by atoms with Crippen molar-refractivity contribution >= 4 is 5.97 Å². The average molecular weight is 344 g/mol. The van der Waals surface area contributed by atoms with Gasteiger partial charge in [-0.1, -0.05) is 13.8 Å². The first-order valence-corrected chi connectivity index (χ1v) is 8.15. The first kappa shape index (κ1) is 21.7. The fourth-order valence-corrected chi connectivity index (χ4v) is 2.43. The summed E-state index contributed by atoms with van der Waals surface area (Å²) < 4.78 is 10.9. The van der Waals surface area contributed by atoms with Gasteiger partial charge < -0.3 is 26.8 Å². The summed E-state index contributed by atoms with van der Waals surface area (Å²) in [6.07, 6.45) is 0. The lowest BCUT2D eigenvalue weighted by Crippen LogP contribution is -3.12. The van der Waals surface area contributed by atoms with Crippen LogP contribution >= 0.6 is 0 Å². The fourth-order valence-electron chi connectivity index (χ4n) is 2.43. The zero-order valence-corrected chi connectivity index (χ0v) is 15.7. The Morgan fingerprint density at radius 3 is 2.13 bits per heavy atom. The molecule has 0 aliphatic rings. The fraction of sp³-hybridized carbons (Fsp3) is 0.611. The topological polar surface area (TPSA) is 40.0 Å². The Labute approximate surface area is 146 Å². The molecule has 1 N–H and O–H groups in total. The zero-order chi connectivity index (χ0) is 16.6. The van der Waals surface area contributed by atoms with E-state index < -0.39 is 0 Å². The van der Waals surface area contributed by atoms with Crippen molar-refractivity contribution in [3.05, 3.63) is 29.8 Å². The van der Waals surface area contributed by atoms with Crippen molar-refractivity contribution in [1.82, 2.24) is 0 Å². The first-order valence-electron chi connectivity index (χ1n) is 8.15. The summed E-state index contributed by atoms with van der Waals surface area (Å²) in [5.41, 5.74) is 0.539. The molecule has 0 atom stereocenters. The lowest BCUT2D eigenvalue weighted by Gasteiger charge is -2.28. The molecular formula is C18H30ClNO3. The van der Waals surface area contributed by atoms with E-state index in [-0.39, 0.29) is 23.8 Å². The summed E-state index contributed by atoms with van der Waals surface area (Å²) in [5, 5.41) is 0. The third kappa shape index (κ3) is 7.71. The van der Waals surface area contributed by atoms with Crippen LogP contribution in [0.2, 0.25) is 0 Å². The second kappa shape index (κ2) is 10.5. The maximum atomic E-state index is 12.1. The standard InChI is InChI=1S/C18H29NO3.ClH/c1-6-19(7-2)13-18(4,5)14-22-17(20)15-9-11-16(12-10-15)21-8-3;/h9-12H,6-8,13-14H2,1-5H3;1H. The summed E-state index contributed by atoms with van der Waals surface area (Å²) in [7, 11) is 0. The molecule has 23 heavy (non-hydrogen) atoms. The number of hydrogen-bond acceptors (Lipinski definition) is 3. The van der Waals surface area contributed by atoms with Crippen molar-refractivity contribution in [3.63, 3.8) is 0 Å². The van der Waals surface area contributed by atoms with E-state index >= 15 is 0 Å². The smallest absolute Gasteiger partial charge is 0.338 e. The maximum absolute atomic E-state index is 12.1. The Balaban J connectivity index is 0.00000484. The molecule has 1 aromatic carbocycles. The van der Waals surface area contributed by atoms with Gasteiger partial charge in [-0.3, -0.25) is 0 Å². The predicted octanol–water partition coefficient (Wildman–Crippen LogP) is -0.803. The van der Waals surface area contributed by atoms with Crippen LogP contribution in [0, 0.1) is 5.41 Å². The number of nitrogens with one attached hydrogen (secondary N) is 1. The normalized spacial score (nSPS) is 11.0. The summed E-state index contributed by atoms with van der Waals surface area (Å²) in [6, 6.07) is 7.09. The Morgan fingerprint density at radius 2 is 1.65 bits per heavy atom. The van der Waals surface area contributed by atoms with Crippen LogP contribution in [0.4, 0.5) is 0 Å². The number of benzene rings is 1. The summed E-state index contributed by atoms with van der Waals surface area (Å²) in [4.78, 5) is 13.6. The molecule has 0 spiro atoms. The van der Waals surface area contributed by atoms with Crippen molar-refractivity contribution in [2.24, 2.45) is 5.41 Å². The van der Waals surface area contributed by atoms with Crippen LogP contribution in [0.5, 0.6) is 5.75 Å². The van der Waals surface area contributed by atoms with Gasteiger partial charge in [0.2, 0.25) is 0 Å². The monoisotopic (exact) mass is 343 g/mol. The second-order valence-corrected chi connectivity index (χ2v) is 6.33. The van der Waals surface area contributed by atoms with E-state index in [0.717, 1.165) is 25.4 Å². The van der Waals surface area contributed by atoms with Crippen molar-refractivity contribution in [1.29, 1.82) is 0 Å². The molecule has 0 unspecified atom stereocenters. The average Bonchev–Trinajstić information content (AvgIpc) is 2.51. The molecule has 0 saturated carbocycles. The van der Waals surface area contributed by atoms with Gasteiger partial charge in [0.15, 0.2) is 0 Å². The minimum absolute atomic E-state index is 0. The Bertz CT molecular complexity index is 456. The van der Waals surface area contributed by atoms with Crippen LogP contribution in [0.25, 0.3) is 0 Å². The molecule has 5 heteroatoms. The van der Waals surface area contributed by atoms with E-state index in [1.54, 1.807) is 24.3 Å². The molecule has 1 rings (SSSR count). The van der Waals surface area contributed by atoms with Crippen LogP contribution in [-0.2, 0) is 4.74 Å². The van der Waals surface area contributed by atoms with Crippen LogP contribution in [-0.4, -0.2) is 38.8 Å². The van der Waals surface area contributed by atoms with Crippen LogP contribution in [0.3, 0.4) is 0 Å². The third-order valence-corrected chi connectivity index (χ3v) is 3.72. The number of rotatable bonds is 9. The third-order valence-electron chi connectivity index (χ3n) is 3.72. The number of hydrogen-bond donors (Lipinski definition) is 1. The highest BCUT2D eigenvalue weighted by molar-refractivity contribution is 5.89. The number of quaternary nitrogens is 1. The summed E-state index contributed by atoms with van der Waals surface area (Å²) in [5.74, 6) is 0.496. The molecule has 0 aromatic heterocycles. The lowest BCUT2D eigenvalue weighted by atomic mass is 9.94. The van der Waals surface area contributed by atoms with Gasteiger partial charge in [0, 0.05) is 5.41 Å². The van der Waals surface area contributed by atoms with Gasteiger partial charge in [0.05, 0.1) is 31.8 Å². The minimum Gasteiger partial charge on any atom is -1.00 e. The number of halogens is 1. The molecule has 0 amide bonds. The lowest BCUT2D eigenvalue weighted by molar-refractivity contribution is -0.902. The van der Waals surface area contributed by atoms with Crippen LogP contribution in [0.1, 0.15) is 45.0 Å². The van der Waals surface area contributed by atoms with E-state index in [1.807, 2.05) is 6.92 Å². The predicted molar refractivity (Wildman–Crippen MR) is 88.6 cm³/mol. The van der Waals surface area contributed by atoms with Crippen molar-refractivity contribution in [2.45, 2.75) is 34.6 Å². The van der Waals surface area contributed by atoms with E-state index in [0.29, 0.717) is 18.8 Å². The quantitative estimate of drug-likeness (QED) is 0.597. The highest BCUT2D eigenvalue weighted by Gasteiger charge is 2.25. The highest BCUT2D eigenvalue weighted by atomic mass is 35.5. The molecule has 1 aromatic rings. The number of esters is 1. The molecule has 4 nitrogen and oxygen atoms in total. The van der Waals surface area contributed by atoms with Gasteiger partial charge >= 0.3 is 5.97 Å². The number of ether oxygens (including phenoxy) is 2. The molecular weight excluding hydrogens is 314 g/mol. The second-order valence-electron chi connectivity index (χ2n) is 6.33. The van der Waals surface area contributed by atoms with Gasteiger partial charge in [-0.2, -0.15) is 0 Å².